The number of rotatable bonds is 1. The average Bonchev–Trinajstić information content (AvgIpc) is 2.01. The van der Waals surface area contributed by atoms with Crippen LogP contribution < -0.4 is 0 Å². The van der Waals surface area contributed by atoms with E-state index >= 15 is 0 Å². The Labute approximate surface area is 82.7 Å². The van der Waals surface area contributed by atoms with Crippen LogP contribution >= 0.6 is 0 Å². The van der Waals surface area contributed by atoms with Gasteiger partial charge in [-0.05, 0) is 29.6 Å². The van der Waals surface area contributed by atoms with Crippen molar-refractivity contribution in [2.45, 2.75) is 34.1 Å². The Bertz CT molecular complexity index is 205. The van der Waals surface area contributed by atoms with Crippen LogP contribution in [0, 0.1) is 23.2 Å². The maximum absolute atomic E-state index is 3.95. The molecule has 1 rings (SSSR count). The molecular weight excluding hydrogens is 156 g/mol. The first-order valence-corrected chi connectivity index (χ1v) is 5.26. The number of allylic oxidation sites excluding steroid dienone is 3. The lowest BCUT2D eigenvalue weighted by Gasteiger charge is -2.37. The second-order valence-electron chi connectivity index (χ2n) is 5.39. The van der Waals surface area contributed by atoms with Gasteiger partial charge >= 0.3 is 0 Å². The minimum atomic E-state index is 0.371. The van der Waals surface area contributed by atoms with Gasteiger partial charge in [0.15, 0.2) is 0 Å². The zero-order valence-corrected chi connectivity index (χ0v) is 9.38. The van der Waals surface area contributed by atoms with E-state index in [-0.39, 0.29) is 0 Å². The van der Waals surface area contributed by atoms with E-state index in [4.69, 9.17) is 0 Å². The molecule has 0 heteroatoms. The molecule has 3 atom stereocenters. The molecule has 0 fully saturated rings. The third-order valence-electron chi connectivity index (χ3n) is 3.05. The zero-order chi connectivity index (χ0) is 10.1. The Morgan fingerprint density at radius 3 is 2.38 bits per heavy atom. The molecule has 13 heavy (non-hydrogen) atoms. The second-order valence-corrected chi connectivity index (χ2v) is 5.39. The average molecular weight is 178 g/mol. The van der Waals surface area contributed by atoms with Gasteiger partial charge in [0.05, 0.1) is 0 Å². The smallest absolute Gasteiger partial charge is 0.0122 e. The van der Waals surface area contributed by atoms with Crippen molar-refractivity contribution in [1.29, 1.82) is 0 Å². The summed E-state index contributed by atoms with van der Waals surface area (Å²) in [5.41, 5.74) is 0.371. The monoisotopic (exact) mass is 178 g/mol. The van der Waals surface area contributed by atoms with E-state index in [1.807, 2.05) is 0 Å². The largest absolute Gasteiger partial charge is 0.103 e. The van der Waals surface area contributed by atoms with Gasteiger partial charge < -0.3 is 0 Å². The Hall–Kier alpha value is -0.520. The number of hydrogen-bond donors (Lipinski definition) is 0. The van der Waals surface area contributed by atoms with E-state index in [1.165, 1.54) is 6.42 Å². The molecule has 0 aromatic rings. The van der Waals surface area contributed by atoms with Gasteiger partial charge in [0.25, 0.3) is 0 Å². The van der Waals surface area contributed by atoms with Crippen molar-refractivity contribution in [3.63, 3.8) is 0 Å². The van der Waals surface area contributed by atoms with Gasteiger partial charge in [-0.25, -0.2) is 0 Å². The van der Waals surface area contributed by atoms with E-state index < -0.39 is 0 Å². The summed E-state index contributed by atoms with van der Waals surface area (Å²) in [6.45, 7) is 13.2. The van der Waals surface area contributed by atoms with E-state index in [0.717, 1.165) is 5.92 Å². The quantitative estimate of drug-likeness (QED) is 0.531. The van der Waals surface area contributed by atoms with Gasteiger partial charge in [0, 0.05) is 0 Å². The molecule has 0 spiro atoms. The van der Waals surface area contributed by atoms with Crippen LogP contribution in [0.1, 0.15) is 34.1 Å². The van der Waals surface area contributed by atoms with Crippen molar-refractivity contribution in [2.24, 2.45) is 23.2 Å². The molecule has 0 saturated heterocycles. The maximum atomic E-state index is 3.95. The fraction of sp³-hybridized carbons (Fsp3) is 0.692. The topological polar surface area (TPSA) is 0 Å². The molecule has 0 radical (unpaired) electrons. The van der Waals surface area contributed by atoms with Gasteiger partial charge in [-0.1, -0.05) is 45.9 Å². The van der Waals surface area contributed by atoms with Crippen molar-refractivity contribution in [3.8, 4) is 0 Å². The highest BCUT2D eigenvalue weighted by molar-refractivity contribution is 5.07. The van der Waals surface area contributed by atoms with Gasteiger partial charge in [-0.15, -0.1) is 6.58 Å². The van der Waals surface area contributed by atoms with Crippen LogP contribution in [-0.4, -0.2) is 0 Å². The first-order chi connectivity index (χ1) is 5.95. The first kappa shape index (κ1) is 10.6. The summed E-state index contributed by atoms with van der Waals surface area (Å²) in [6, 6.07) is 0. The summed E-state index contributed by atoms with van der Waals surface area (Å²) in [7, 11) is 0. The summed E-state index contributed by atoms with van der Waals surface area (Å²) >= 11 is 0. The third-order valence-corrected chi connectivity index (χ3v) is 3.05. The van der Waals surface area contributed by atoms with Crippen molar-refractivity contribution in [3.05, 3.63) is 24.8 Å². The van der Waals surface area contributed by atoms with E-state index in [9.17, 15) is 0 Å². The summed E-state index contributed by atoms with van der Waals surface area (Å²) in [6.07, 6.45) is 8.15. The van der Waals surface area contributed by atoms with Gasteiger partial charge in [0.1, 0.15) is 0 Å². The van der Waals surface area contributed by atoms with E-state index in [1.54, 1.807) is 0 Å². The van der Waals surface area contributed by atoms with Crippen LogP contribution in [0.2, 0.25) is 0 Å². The molecule has 74 valence electrons. The fourth-order valence-electron chi connectivity index (χ4n) is 2.28. The van der Waals surface area contributed by atoms with E-state index in [0.29, 0.717) is 17.3 Å². The highest BCUT2D eigenvalue weighted by Crippen LogP contribution is 2.40. The Morgan fingerprint density at radius 2 is 1.92 bits per heavy atom. The summed E-state index contributed by atoms with van der Waals surface area (Å²) < 4.78 is 0. The van der Waals surface area contributed by atoms with Crippen molar-refractivity contribution in [2.75, 3.05) is 0 Å². The number of hydrogen-bond acceptors (Lipinski definition) is 0. The molecule has 0 nitrogen and oxygen atoms in total. The van der Waals surface area contributed by atoms with Crippen LogP contribution in [0.25, 0.3) is 0 Å². The zero-order valence-electron chi connectivity index (χ0n) is 9.38. The molecule has 0 bridgehead atoms. The molecule has 3 unspecified atom stereocenters. The summed E-state index contributed by atoms with van der Waals surface area (Å²) in [5, 5.41) is 0. The van der Waals surface area contributed by atoms with Crippen LogP contribution in [-0.2, 0) is 0 Å². The molecule has 0 aliphatic heterocycles. The van der Waals surface area contributed by atoms with Gasteiger partial charge in [-0.3, -0.25) is 0 Å². The predicted octanol–water partition coefficient (Wildman–Crippen LogP) is 4.05. The Morgan fingerprint density at radius 1 is 1.31 bits per heavy atom. The van der Waals surface area contributed by atoms with E-state index in [2.05, 4.69) is 52.5 Å². The minimum Gasteiger partial charge on any atom is -0.103 e. The molecule has 0 N–H and O–H groups in total. The predicted molar refractivity (Wildman–Crippen MR) is 59.6 cm³/mol. The molecule has 1 aliphatic rings. The Kier molecular flexibility index (Phi) is 3.00. The molecule has 0 saturated carbocycles. The van der Waals surface area contributed by atoms with Crippen molar-refractivity contribution in [1.82, 2.24) is 0 Å². The third kappa shape index (κ3) is 2.46. The standard InChI is InChI=1S/C13H22/c1-6-11-9-10(2)7-8-12(11)13(3,4)5/h6-8,10-12H,1,9H2,2-5H3. The normalized spacial score (nSPS) is 34.6. The summed E-state index contributed by atoms with van der Waals surface area (Å²) in [4.78, 5) is 0. The van der Waals surface area contributed by atoms with Gasteiger partial charge in [0.2, 0.25) is 0 Å². The lowest BCUT2D eigenvalue weighted by molar-refractivity contribution is 0.208. The molecule has 0 aromatic carbocycles. The second kappa shape index (κ2) is 3.69. The van der Waals surface area contributed by atoms with Crippen molar-refractivity contribution < 1.29 is 0 Å². The van der Waals surface area contributed by atoms with Crippen LogP contribution in [0.3, 0.4) is 0 Å². The van der Waals surface area contributed by atoms with Crippen LogP contribution in [0.5, 0.6) is 0 Å². The van der Waals surface area contributed by atoms with Crippen molar-refractivity contribution >= 4 is 0 Å². The van der Waals surface area contributed by atoms with Crippen LogP contribution in [0.4, 0.5) is 0 Å². The minimum absolute atomic E-state index is 0.371. The Balaban J connectivity index is 2.83. The highest BCUT2D eigenvalue weighted by atomic mass is 14.4. The van der Waals surface area contributed by atoms with Gasteiger partial charge in [-0.2, -0.15) is 0 Å². The summed E-state index contributed by atoms with van der Waals surface area (Å²) in [5.74, 6) is 2.06. The first-order valence-electron chi connectivity index (χ1n) is 5.26. The van der Waals surface area contributed by atoms with Crippen LogP contribution in [0.15, 0.2) is 24.8 Å². The fourth-order valence-corrected chi connectivity index (χ4v) is 2.28. The molecular formula is C13H22. The lowest BCUT2D eigenvalue weighted by Crippen LogP contribution is -2.29. The molecule has 0 aromatic heterocycles. The highest BCUT2D eigenvalue weighted by Gasteiger charge is 2.31. The lowest BCUT2D eigenvalue weighted by atomic mass is 9.68. The molecule has 0 heterocycles. The SMILES string of the molecule is C=CC1CC(C)C=CC1C(C)(C)C. The molecule has 0 amide bonds. The molecule has 1 aliphatic carbocycles. The maximum Gasteiger partial charge on any atom is -0.0122 e.